The Morgan fingerprint density at radius 1 is 1.40 bits per heavy atom. The number of hydrogen-bond donors (Lipinski definition) is 2. The molecule has 112 valence electrons. The second kappa shape index (κ2) is 8.62. The molecule has 2 rings (SSSR count). The van der Waals surface area contributed by atoms with Crippen LogP contribution in [0, 0.1) is 5.92 Å². The van der Waals surface area contributed by atoms with Crippen molar-refractivity contribution < 1.29 is 14.6 Å². The molecular weight excluding hydrogens is 322 g/mol. The topological polar surface area (TPSA) is 50.7 Å². The van der Waals surface area contributed by atoms with Gasteiger partial charge in [-0.3, -0.25) is 0 Å². The smallest absolute Gasteiger partial charge is 0.119 e. The van der Waals surface area contributed by atoms with Gasteiger partial charge in [-0.15, -0.1) is 0 Å². The van der Waals surface area contributed by atoms with Crippen LogP contribution in [0.3, 0.4) is 0 Å². The summed E-state index contributed by atoms with van der Waals surface area (Å²) in [6.45, 7) is 3.57. The quantitative estimate of drug-likeness (QED) is 0.710. The van der Waals surface area contributed by atoms with Gasteiger partial charge in [0.2, 0.25) is 0 Å². The van der Waals surface area contributed by atoms with Crippen molar-refractivity contribution in [3.05, 3.63) is 28.7 Å². The minimum Gasteiger partial charge on any atom is -0.491 e. The number of rotatable bonds is 8. The van der Waals surface area contributed by atoms with Gasteiger partial charge in [-0.1, -0.05) is 15.9 Å². The van der Waals surface area contributed by atoms with E-state index in [9.17, 15) is 5.11 Å². The van der Waals surface area contributed by atoms with Crippen LogP contribution >= 0.6 is 15.9 Å². The van der Waals surface area contributed by atoms with Crippen LogP contribution in [0.2, 0.25) is 0 Å². The Labute approximate surface area is 128 Å². The van der Waals surface area contributed by atoms with Crippen LogP contribution in [0.4, 0.5) is 0 Å². The molecule has 0 saturated carbocycles. The Bertz CT molecular complexity index is 379. The lowest BCUT2D eigenvalue weighted by Crippen LogP contribution is -2.32. The number of aliphatic hydroxyl groups is 1. The van der Waals surface area contributed by atoms with Crippen LogP contribution in [0.15, 0.2) is 28.7 Å². The third kappa shape index (κ3) is 5.79. The molecule has 1 fully saturated rings. The average Bonchev–Trinajstić information content (AvgIpc) is 2.96. The standard InChI is InChI=1S/C15H22BrNO3/c16-13-1-3-15(4-2-13)20-11-14(18)9-17-7-5-12-6-8-19-10-12/h1-4,12,14,17-18H,5-11H2. The van der Waals surface area contributed by atoms with Crippen molar-refractivity contribution in [3.63, 3.8) is 0 Å². The summed E-state index contributed by atoms with van der Waals surface area (Å²) in [6, 6.07) is 7.60. The lowest BCUT2D eigenvalue weighted by molar-refractivity contribution is 0.106. The highest BCUT2D eigenvalue weighted by molar-refractivity contribution is 9.10. The van der Waals surface area contributed by atoms with Crippen LogP contribution in [-0.2, 0) is 4.74 Å². The maximum absolute atomic E-state index is 9.84. The van der Waals surface area contributed by atoms with Crippen LogP contribution in [-0.4, -0.2) is 44.1 Å². The van der Waals surface area contributed by atoms with Gasteiger partial charge < -0.3 is 19.9 Å². The van der Waals surface area contributed by atoms with Crippen molar-refractivity contribution in [2.24, 2.45) is 5.92 Å². The van der Waals surface area contributed by atoms with E-state index in [-0.39, 0.29) is 0 Å². The Kier molecular flexibility index (Phi) is 6.79. The highest BCUT2D eigenvalue weighted by Gasteiger charge is 2.14. The van der Waals surface area contributed by atoms with Crippen molar-refractivity contribution in [2.45, 2.75) is 18.9 Å². The molecule has 4 nitrogen and oxygen atoms in total. The number of hydrogen-bond acceptors (Lipinski definition) is 4. The molecule has 0 radical (unpaired) electrons. The number of nitrogens with one attached hydrogen (secondary N) is 1. The zero-order valence-corrected chi connectivity index (χ0v) is 13.1. The molecule has 1 saturated heterocycles. The summed E-state index contributed by atoms with van der Waals surface area (Å²) >= 11 is 3.37. The van der Waals surface area contributed by atoms with Crippen LogP contribution in [0.25, 0.3) is 0 Å². The second-order valence-electron chi connectivity index (χ2n) is 5.14. The summed E-state index contributed by atoms with van der Waals surface area (Å²) < 4.78 is 11.9. The molecule has 0 aliphatic carbocycles. The summed E-state index contributed by atoms with van der Waals surface area (Å²) in [6.07, 6.45) is 1.79. The Morgan fingerprint density at radius 3 is 2.90 bits per heavy atom. The van der Waals surface area contributed by atoms with Gasteiger partial charge in [-0.2, -0.15) is 0 Å². The largest absolute Gasteiger partial charge is 0.491 e. The number of benzene rings is 1. The van der Waals surface area contributed by atoms with Gasteiger partial charge in [-0.05, 0) is 49.6 Å². The van der Waals surface area contributed by atoms with E-state index in [0.29, 0.717) is 19.1 Å². The van der Waals surface area contributed by atoms with Crippen LogP contribution in [0.1, 0.15) is 12.8 Å². The van der Waals surface area contributed by atoms with Gasteiger partial charge in [0.25, 0.3) is 0 Å². The zero-order valence-electron chi connectivity index (χ0n) is 11.6. The first-order valence-electron chi connectivity index (χ1n) is 7.09. The molecule has 0 amide bonds. The zero-order chi connectivity index (χ0) is 14.2. The maximum atomic E-state index is 9.84. The molecule has 1 aromatic rings. The van der Waals surface area contributed by atoms with E-state index in [4.69, 9.17) is 9.47 Å². The predicted molar refractivity (Wildman–Crippen MR) is 82.1 cm³/mol. The van der Waals surface area contributed by atoms with Crippen molar-refractivity contribution >= 4 is 15.9 Å². The molecule has 2 N–H and O–H groups in total. The van der Waals surface area contributed by atoms with E-state index in [1.807, 2.05) is 24.3 Å². The minimum atomic E-state index is -0.488. The minimum absolute atomic E-state index is 0.307. The lowest BCUT2D eigenvalue weighted by Gasteiger charge is -2.14. The maximum Gasteiger partial charge on any atom is 0.119 e. The summed E-state index contributed by atoms with van der Waals surface area (Å²) in [5, 5.41) is 13.1. The van der Waals surface area contributed by atoms with E-state index in [1.165, 1.54) is 0 Å². The molecule has 5 heteroatoms. The molecule has 1 aliphatic heterocycles. The van der Waals surface area contributed by atoms with E-state index >= 15 is 0 Å². The molecule has 20 heavy (non-hydrogen) atoms. The summed E-state index contributed by atoms with van der Waals surface area (Å²) in [5.74, 6) is 1.45. The third-order valence-electron chi connectivity index (χ3n) is 3.39. The summed E-state index contributed by atoms with van der Waals surface area (Å²) in [5.41, 5.74) is 0. The van der Waals surface area contributed by atoms with E-state index in [2.05, 4.69) is 21.2 Å². The van der Waals surface area contributed by atoms with Crippen molar-refractivity contribution in [1.29, 1.82) is 0 Å². The van der Waals surface area contributed by atoms with Gasteiger partial charge >= 0.3 is 0 Å². The number of aliphatic hydroxyl groups excluding tert-OH is 1. The molecule has 1 aromatic carbocycles. The molecular formula is C15H22BrNO3. The van der Waals surface area contributed by atoms with Gasteiger partial charge in [-0.25, -0.2) is 0 Å². The normalized spacial score (nSPS) is 20.0. The Hall–Kier alpha value is -0.620. The van der Waals surface area contributed by atoms with E-state index < -0.39 is 6.10 Å². The Morgan fingerprint density at radius 2 is 2.20 bits per heavy atom. The molecule has 1 aliphatic rings. The fraction of sp³-hybridized carbons (Fsp3) is 0.600. The molecule has 2 unspecified atom stereocenters. The van der Waals surface area contributed by atoms with E-state index in [0.717, 1.165) is 42.8 Å². The molecule has 0 bridgehead atoms. The molecule has 2 atom stereocenters. The van der Waals surface area contributed by atoms with E-state index in [1.54, 1.807) is 0 Å². The Balaban J connectivity index is 1.53. The number of halogens is 1. The van der Waals surface area contributed by atoms with Gasteiger partial charge in [0.15, 0.2) is 0 Å². The molecule has 1 heterocycles. The SMILES string of the molecule is OC(CNCCC1CCOC1)COc1ccc(Br)cc1. The fourth-order valence-corrected chi connectivity index (χ4v) is 2.43. The third-order valence-corrected chi connectivity index (χ3v) is 3.92. The van der Waals surface area contributed by atoms with Gasteiger partial charge in [0.05, 0.1) is 0 Å². The number of ether oxygens (including phenoxy) is 2. The first-order valence-corrected chi connectivity index (χ1v) is 7.88. The van der Waals surface area contributed by atoms with Crippen LogP contribution in [0.5, 0.6) is 5.75 Å². The summed E-state index contributed by atoms with van der Waals surface area (Å²) in [7, 11) is 0. The first kappa shape index (κ1) is 15.8. The monoisotopic (exact) mass is 343 g/mol. The van der Waals surface area contributed by atoms with Gasteiger partial charge in [0.1, 0.15) is 18.5 Å². The van der Waals surface area contributed by atoms with Crippen LogP contribution < -0.4 is 10.1 Å². The predicted octanol–water partition coefficient (Wildman–Crippen LogP) is 2.21. The highest BCUT2D eigenvalue weighted by Crippen LogP contribution is 2.16. The first-order chi connectivity index (χ1) is 9.74. The molecule has 0 spiro atoms. The second-order valence-corrected chi connectivity index (χ2v) is 6.06. The molecule has 0 aromatic heterocycles. The fourth-order valence-electron chi connectivity index (χ4n) is 2.17. The summed E-state index contributed by atoms with van der Waals surface area (Å²) in [4.78, 5) is 0. The van der Waals surface area contributed by atoms with Gasteiger partial charge in [0, 0.05) is 24.2 Å². The highest BCUT2D eigenvalue weighted by atomic mass is 79.9. The van der Waals surface area contributed by atoms with Crippen molar-refractivity contribution in [1.82, 2.24) is 5.32 Å². The van der Waals surface area contributed by atoms with Crippen molar-refractivity contribution in [3.8, 4) is 5.75 Å². The lowest BCUT2D eigenvalue weighted by atomic mass is 10.1. The van der Waals surface area contributed by atoms with Crippen molar-refractivity contribution in [2.75, 3.05) is 32.9 Å². The average molecular weight is 344 g/mol.